The summed E-state index contributed by atoms with van der Waals surface area (Å²) in [4.78, 5) is 6.85. The number of rotatable bonds is 2. The Morgan fingerprint density at radius 2 is 1.64 bits per heavy atom. The van der Waals surface area contributed by atoms with Crippen molar-refractivity contribution in [1.29, 1.82) is 0 Å². The zero-order valence-corrected chi connectivity index (χ0v) is 17.4. The van der Waals surface area contributed by atoms with Crippen molar-refractivity contribution in [3.05, 3.63) is 24.3 Å². The number of amidine groups is 1. The van der Waals surface area contributed by atoms with E-state index in [9.17, 15) is 13.2 Å². The second kappa shape index (κ2) is 7.63. The molecule has 2 aliphatic rings. The predicted octanol–water partition coefficient (Wildman–Crippen LogP) is 4.47. The Morgan fingerprint density at radius 1 is 1.14 bits per heavy atom. The zero-order valence-electron chi connectivity index (χ0n) is 15.1. The Bertz CT molecular complexity index is 722. The van der Waals surface area contributed by atoms with Crippen LogP contribution >= 0.6 is 34.8 Å². The van der Waals surface area contributed by atoms with Crippen molar-refractivity contribution in [1.82, 2.24) is 9.80 Å². The lowest BCUT2D eigenvalue weighted by atomic mass is 10.0. The minimum atomic E-state index is -4.80. The third-order valence-corrected chi connectivity index (χ3v) is 5.50. The van der Waals surface area contributed by atoms with E-state index < -0.39 is 21.7 Å². The van der Waals surface area contributed by atoms with E-state index in [4.69, 9.17) is 44.3 Å². The van der Waals surface area contributed by atoms with Gasteiger partial charge in [-0.05, 0) is 45.1 Å². The normalized spacial score (nSPS) is 21.1. The number of likely N-dealkylation sites (tertiary alicyclic amines) is 1. The van der Waals surface area contributed by atoms with E-state index >= 15 is 0 Å². The number of para-hydroxylation sites is 2. The van der Waals surface area contributed by atoms with Gasteiger partial charge in [-0.2, -0.15) is 18.2 Å². The molecule has 156 valence electrons. The minimum absolute atomic E-state index is 0.140. The van der Waals surface area contributed by atoms with Gasteiger partial charge in [-0.1, -0.05) is 46.9 Å². The smallest absolute Gasteiger partial charge is 0.427 e. The Hall–Kier alpha value is -1.09. The number of fused-ring (bicyclic) bond motifs is 1. The average molecular weight is 461 g/mol. The molecule has 3 rings (SSSR count). The fraction of sp³-hybridized carbons (Fsp3) is 0.588. The number of benzene rings is 1. The molecule has 1 saturated heterocycles. The van der Waals surface area contributed by atoms with Crippen LogP contribution in [0.25, 0.3) is 0 Å². The molecular formula is C17H19Cl3F3N3O2. The number of hydrogen-bond donors (Lipinski definition) is 0. The first-order valence-electron chi connectivity index (χ1n) is 8.55. The van der Waals surface area contributed by atoms with Crippen molar-refractivity contribution in [3.8, 4) is 11.5 Å². The van der Waals surface area contributed by atoms with Gasteiger partial charge in [0.25, 0.3) is 3.79 Å². The maximum Gasteiger partial charge on any atom is 0.449 e. The van der Waals surface area contributed by atoms with E-state index in [0.717, 1.165) is 4.90 Å². The predicted molar refractivity (Wildman–Crippen MR) is 102 cm³/mol. The lowest BCUT2D eigenvalue weighted by Crippen LogP contribution is -2.55. The molecule has 0 aromatic heterocycles. The lowest BCUT2D eigenvalue weighted by molar-refractivity contribution is -0.0905. The topological polar surface area (TPSA) is 37.3 Å². The minimum Gasteiger partial charge on any atom is -0.427 e. The fourth-order valence-electron chi connectivity index (χ4n) is 3.20. The van der Waals surface area contributed by atoms with E-state index in [1.165, 1.54) is 19.2 Å². The number of aliphatic imine (C=N–C) groups is 1. The van der Waals surface area contributed by atoms with Gasteiger partial charge < -0.3 is 19.3 Å². The van der Waals surface area contributed by atoms with Crippen LogP contribution in [0.15, 0.2) is 29.3 Å². The molecule has 1 fully saturated rings. The molecule has 1 aromatic carbocycles. The van der Waals surface area contributed by atoms with Crippen LogP contribution in [0.2, 0.25) is 0 Å². The van der Waals surface area contributed by atoms with Gasteiger partial charge >= 0.3 is 12.1 Å². The highest BCUT2D eigenvalue weighted by atomic mass is 35.6. The van der Waals surface area contributed by atoms with E-state index in [-0.39, 0.29) is 17.5 Å². The SMILES string of the molecule is CN1CCC(N(C)/C(=N/C2(C(Cl)(Cl)Cl)Oc3ccccc3O2)C(F)(F)F)CC1. The quantitative estimate of drug-likeness (QED) is 0.371. The number of piperidine rings is 1. The first kappa shape index (κ1) is 21.6. The fourth-order valence-corrected chi connectivity index (χ4v) is 3.56. The van der Waals surface area contributed by atoms with Crippen molar-refractivity contribution in [2.75, 3.05) is 27.2 Å². The third kappa shape index (κ3) is 4.25. The maximum atomic E-state index is 13.9. The molecule has 2 aliphatic heterocycles. The molecule has 0 spiro atoms. The molecule has 1 aromatic rings. The summed E-state index contributed by atoms with van der Waals surface area (Å²) in [5.41, 5.74) is 0. The van der Waals surface area contributed by atoms with E-state index in [0.29, 0.717) is 25.9 Å². The van der Waals surface area contributed by atoms with Gasteiger partial charge in [0.05, 0.1) is 0 Å². The van der Waals surface area contributed by atoms with Crippen LogP contribution in [-0.2, 0) is 0 Å². The molecule has 0 saturated carbocycles. The standard InChI is InChI=1S/C17H19Cl3F3N3O2/c1-25-9-7-11(8-10-25)26(2)14(15(21,22)23)24-17(16(18,19)20)27-12-5-3-4-6-13(12)28-17/h3-6,11H,7-10H2,1-2H3/b24-14+. The first-order valence-corrected chi connectivity index (χ1v) is 9.68. The van der Waals surface area contributed by atoms with Gasteiger partial charge in [-0.15, -0.1) is 0 Å². The maximum absolute atomic E-state index is 13.9. The second-order valence-electron chi connectivity index (χ2n) is 6.81. The third-order valence-electron chi connectivity index (χ3n) is 4.78. The monoisotopic (exact) mass is 459 g/mol. The van der Waals surface area contributed by atoms with Crippen molar-refractivity contribution < 1.29 is 22.6 Å². The number of nitrogens with zero attached hydrogens (tertiary/aromatic N) is 3. The molecule has 0 atom stereocenters. The van der Waals surface area contributed by atoms with E-state index in [1.807, 2.05) is 7.05 Å². The van der Waals surface area contributed by atoms with Crippen LogP contribution in [0.1, 0.15) is 12.8 Å². The van der Waals surface area contributed by atoms with Gasteiger partial charge in [-0.25, -0.2) is 0 Å². The van der Waals surface area contributed by atoms with Gasteiger partial charge in [0.1, 0.15) is 0 Å². The van der Waals surface area contributed by atoms with Crippen molar-refractivity contribution >= 4 is 40.6 Å². The largest absolute Gasteiger partial charge is 0.449 e. The summed E-state index contributed by atoms with van der Waals surface area (Å²) in [6.07, 6.45) is -3.71. The van der Waals surface area contributed by atoms with E-state index in [2.05, 4.69) is 9.89 Å². The highest BCUT2D eigenvalue weighted by Gasteiger charge is 2.60. The van der Waals surface area contributed by atoms with Crippen LogP contribution in [0, 0.1) is 0 Å². The van der Waals surface area contributed by atoms with Crippen LogP contribution in [0.4, 0.5) is 13.2 Å². The lowest BCUT2D eigenvalue weighted by Gasteiger charge is -2.38. The summed E-state index contributed by atoms with van der Waals surface area (Å²) in [7, 11) is 3.25. The molecule has 0 bridgehead atoms. The molecule has 2 heterocycles. The second-order valence-corrected chi connectivity index (χ2v) is 9.09. The first-order chi connectivity index (χ1) is 12.9. The molecule has 0 radical (unpaired) electrons. The molecular weight excluding hydrogens is 442 g/mol. The molecule has 0 N–H and O–H groups in total. The van der Waals surface area contributed by atoms with Crippen LogP contribution in [0.5, 0.6) is 11.5 Å². The van der Waals surface area contributed by atoms with Crippen molar-refractivity contribution in [3.63, 3.8) is 0 Å². The Morgan fingerprint density at radius 3 is 2.07 bits per heavy atom. The Labute approximate surface area is 175 Å². The van der Waals surface area contributed by atoms with Gasteiger partial charge in [0.15, 0.2) is 11.5 Å². The van der Waals surface area contributed by atoms with Crippen LogP contribution in [-0.4, -0.2) is 64.7 Å². The van der Waals surface area contributed by atoms with Gasteiger partial charge in [0.2, 0.25) is 5.84 Å². The van der Waals surface area contributed by atoms with Crippen molar-refractivity contribution in [2.24, 2.45) is 4.99 Å². The van der Waals surface area contributed by atoms with Gasteiger partial charge in [-0.3, -0.25) is 0 Å². The van der Waals surface area contributed by atoms with E-state index in [1.54, 1.807) is 12.1 Å². The summed E-state index contributed by atoms with van der Waals surface area (Å²) >= 11 is 17.9. The molecule has 0 aliphatic carbocycles. The van der Waals surface area contributed by atoms with Crippen LogP contribution in [0.3, 0.4) is 0 Å². The highest BCUT2D eigenvalue weighted by Crippen LogP contribution is 2.51. The Balaban J connectivity index is 2.00. The van der Waals surface area contributed by atoms with Crippen molar-refractivity contribution in [2.45, 2.75) is 34.8 Å². The summed E-state index contributed by atoms with van der Waals surface area (Å²) < 4.78 is 50.3. The number of alkyl halides is 6. The molecule has 28 heavy (non-hydrogen) atoms. The van der Waals surface area contributed by atoms with Crippen LogP contribution < -0.4 is 9.47 Å². The zero-order chi connectivity index (χ0) is 20.7. The molecule has 0 amide bonds. The molecule has 0 unspecified atom stereocenters. The summed E-state index contributed by atoms with van der Waals surface area (Å²) in [6.45, 7) is 1.35. The molecule has 11 heteroatoms. The summed E-state index contributed by atoms with van der Waals surface area (Å²) in [5.74, 6) is -3.44. The Kier molecular flexibility index (Phi) is 5.89. The average Bonchev–Trinajstić information content (AvgIpc) is 2.98. The number of hydrogen-bond acceptors (Lipinski definition) is 4. The van der Waals surface area contributed by atoms with Gasteiger partial charge in [0, 0.05) is 13.1 Å². The summed E-state index contributed by atoms with van der Waals surface area (Å²) in [5, 5.41) is 0. The molecule has 5 nitrogen and oxygen atoms in total. The summed E-state index contributed by atoms with van der Waals surface area (Å²) in [6, 6.07) is 5.87. The number of halogens is 6. The highest BCUT2D eigenvalue weighted by molar-refractivity contribution is 6.68. The number of ether oxygens (including phenoxy) is 2.